The Morgan fingerprint density at radius 2 is 1.40 bits per heavy atom. The molecule has 0 aliphatic rings. The van der Waals surface area contributed by atoms with E-state index in [0.717, 1.165) is 21.9 Å². The van der Waals surface area contributed by atoms with Crippen molar-refractivity contribution >= 4 is 28.5 Å². The van der Waals surface area contributed by atoms with E-state index in [1.54, 1.807) is 30.3 Å². The Bertz CT molecular complexity index is 1460. The van der Waals surface area contributed by atoms with Gasteiger partial charge in [0.1, 0.15) is 24.5 Å². The first-order chi connectivity index (χ1) is 19.3. The molecule has 0 bridgehead atoms. The number of aliphatic hydroxyl groups is 1. The van der Waals surface area contributed by atoms with E-state index in [1.807, 2.05) is 66.7 Å². The van der Waals surface area contributed by atoms with Crippen molar-refractivity contribution in [1.82, 2.24) is 10.8 Å². The molecular weight excluding hydrogens is 510 g/mol. The second kappa shape index (κ2) is 13.4. The first-order valence-electron chi connectivity index (χ1n) is 12.8. The third kappa shape index (κ3) is 7.43. The predicted molar refractivity (Wildman–Crippen MR) is 149 cm³/mol. The number of hydrogen-bond donors (Lipinski definition) is 5. The molecule has 0 aliphatic carbocycles. The minimum atomic E-state index is -1.88. The van der Waals surface area contributed by atoms with Crippen LogP contribution >= 0.6 is 0 Å². The predicted octanol–water partition coefficient (Wildman–Crippen LogP) is 2.66. The Hall–Kier alpha value is -4.73. The number of benzene rings is 4. The summed E-state index contributed by atoms with van der Waals surface area (Å²) in [6.07, 6.45) is -1.80. The van der Waals surface area contributed by atoms with Crippen molar-refractivity contribution in [2.75, 3.05) is 0 Å². The summed E-state index contributed by atoms with van der Waals surface area (Å²) in [6, 6.07) is 28.8. The lowest BCUT2D eigenvalue weighted by atomic mass is 9.91. The first kappa shape index (κ1) is 28.3. The number of hydroxylamine groups is 1. The van der Waals surface area contributed by atoms with Crippen LogP contribution in [0.5, 0.6) is 5.75 Å². The number of primary amides is 1. The van der Waals surface area contributed by atoms with E-state index in [-0.39, 0.29) is 12.8 Å². The number of carbonyl (C=O) groups is 3. The van der Waals surface area contributed by atoms with Gasteiger partial charge in [0.15, 0.2) is 0 Å². The molecule has 3 atom stereocenters. The molecule has 3 amide bonds. The number of amides is 3. The zero-order chi connectivity index (χ0) is 28.5. The minimum absolute atomic E-state index is 0.0533. The molecule has 0 saturated carbocycles. The second-order valence-electron chi connectivity index (χ2n) is 9.50. The Kier molecular flexibility index (Phi) is 9.45. The van der Waals surface area contributed by atoms with Crippen LogP contribution < -0.4 is 21.3 Å². The summed E-state index contributed by atoms with van der Waals surface area (Å²) in [7, 11) is 0. The summed E-state index contributed by atoms with van der Waals surface area (Å²) in [6.45, 7) is 0.404. The minimum Gasteiger partial charge on any atom is -0.489 e. The molecule has 0 spiro atoms. The molecular formula is C31H31N3O6. The lowest BCUT2D eigenvalue weighted by Gasteiger charge is -2.24. The largest absolute Gasteiger partial charge is 0.489 e. The van der Waals surface area contributed by atoms with Crippen LogP contribution in [0.15, 0.2) is 97.1 Å². The number of rotatable bonds is 12. The van der Waals surface area contributed by atoms with Crippen LogP contribution in [0.2, 0.25) is 0 Å². The summed E-state index contributed by atoms with van der Waals surface area (Å²) >= 11 is 0. The first-order valence-corrected chi connectivity index (χ1v) is 12.8. The maximum atomic E-state index is 13.3. The Labute approximate surface area is 231 Å². The van der Waals surface area contributed by atoms with Crippen LogP contribution in [0.25, 0.3) is 10.8 Å². The van der Waals surface area contributed by atoms with Crippen molar-refractivity contribution in [1.29, 1.82) is 0 Å². The number of nitrogens with one attached hydrogen (secondary N) is 2. The Morgan fingerprint density at radius 3 is 2.05 bits per heavy atom. The maximum Gasteiger partial charge on any atom is 0.272 e. The normalized spacial score (nSPS) is 13.2. The van der Waals surface area contributed by atoms with Gasteiger partial charge in [0.2, 0.25) is 11.8 Å². The lowest BCUT2D eigenvalue weighted by Crippen LogP contribution is -2.52. The molecule has 4 aromatic carbocycles. The lowest BCUT2D eigenvalue weighted by molar-refractivity contribution is -0.146. The van der Waals surface area contributed by atoms with E-state index in [1.165, 1.54) is 5.48 Å². The van der Waals surface area contributed by atoms with Gasteiger partial charge >= 0.3 is 0 Å². The van der Waals surface area contributed by atoms with Crippen LogP contribution in [0.1, 0.15) is 16.7 Å². The molecule has 4 rings (SSSR count). The van der Waals surface area contributed by atoms with Crippen LogP contribution in [-0.4, -0.2) is 40.2 Å². The van der Waals surface area contributed by atoms with E-state index < -0.39 is 35.8 Å². The summed E-state index contributed by atoms with van der Waals surface area (Å²) in [4.78, 5) is 37.5. The van der Waals surface area contributed by atoms with Crippen LogP contribution in [0, 0.1) is 5.92 Å². The van der Waals surface area contributed by atoms with Crippen molar-refractivity contribution in [3.63, 3.8) is 0 Å². The third-order valence-corrected chi connectivity index (χ3v) is 6.62. The molecule has 9 nitrogen and oxygen atoms in total. The summed E-state index contributed by atoms with van der Waals surface area (Å²) in [5, 5.41) is 24.0. The fraction of sp³-hybridized carbons (Fsp3) is 0.194. The van der Waals surface area contributed by atoms with Crippen molar-refractivity contribution in [3.8, 4) is 5.75 Å². The average Bonchev–Trinajstić information content (AvgIpc) is 2.98. The number of carbonyl (C=O) groups excluding carboxylic acids is 3. The maximum absolute atomic E-state index is 13.3. The van der Waals surface area contributed by atoms with E-state index in [4.69, 9.17) is 15.7 Å². The van der Waals surface area contributed by atoms with Gasteiger partial charge in [0.05, 0.1) is 5.92 Å². The molecule has 0 saturated heterocycles. The van der Waals surface area contributed by atoms with Crippen LogP contribution in [0.3, 0.4) is 0 Å². The van der Waals surface area contributed by atoms with Crippen molar-refractivity contribution in [2.45, 2.75) is 31.6 Å². The molecule has 4 aromatic rings. The Balaban J connectivity index is 1.53. The molecule has 0 aliphatic heterocycles. The monoisotopic (exact) mass is 541 g/mol. The summed E-state index contributed by atoms with van der Waals surface area (Å²) in [5.41, 5.74) is 9.38. The van der Waals surface area contributed by atoms with Gasteiger partial charge in [0, 0.05) is 6.42 Å². The molecule has 6 N–H and O–H groups in total. The smallest absolute Gasteiger partial charge is 0.272 e. The molecule has 0 fully saturated rings. The summed E-state index contributed by atoms with van der Waals surface area (Å²) in [5.74, 6) is -3.31. The molecule has 0 radical (unpaired) electrons. The topological polar surface area (TPSA) is 151 Å². The highest BCUT2D eigenvalue weighted by Crippen LogP contribution is 2.25. The number of ether oxygens (including phenoxy) is 1. The average molecular weight is 542 g/mol. The highest BCUT2D eigenvalue weighted by molar-refractivity contribution is 5.92. The quantitative estimate of drug-likeness (QED) is 0.137. The van der Waals surface area contributed by atoms with E-state index in [0.29, 0.717) is 17.9 Å². The molecule has 206 valence electrons. The van der Waals surface area contributed by atoms with Crippen LogP contribution in [0.4, 0.5) is 0 Å². The van der Waals surface area contributed by atoms with E-state index >= 15 is 0 Å². The fourth-order valence-electron chi connectivity index (χ4n) is 4.43. The molecule has 0 aromatic heterocycles. The zero-order valence-corrected chi connectivity index (χ0v) is 21.7. The highest BCUT2D eigenvalue weighted by Gasteiger charge is 2.34. The Morgan fingerprint density at radius 1 is 0.750 bits per heavy atom. The van der Waals surface area contributed by atoms with Gasteiger partial charge in [-0.05, 0) is 46.0 Å². The third-order valence-electron chi connectivity index (χ3n) is 6.62. The van der Waals surface area contributed by atoms with Crippen molar-refractivity contribution < 1.29 is 29.4 Å². The highest BCUT2D eigenvalue weighted by atomic mass is 16.5. The van der Waals surface area contributed by atoms with Gasteiger partial charge in [-0.1, -0.05) is 84.9 Å². The second-order valence-corrected chi connectivity index (χ2v) is 9.50. The van der Waals surface area contributed by atoms with Gasteiger partial charge in [-0.25, -0.2) is 5.48 Å². The summed E-state index contributed by atoms with van der Waals surface area (Å²) < 4.78 is 5.93. The van der Waals surface area contributed by atoms with Gasteiger partial charge in [-0.3, -0.25) is 19.6 Å². The van der Waals surface area contributed by atoms with Gasteiger partial charge in [-0.15, -0.1) is 0 Å². The number of aliphatic hydroxyl groups excluding tert-OH is 1. The molecule has 0 unspecified atom stereocenters. The molecule has 9 heteroatoms. The van der Waals surface area contributed by atoms with Crippen molar-refractivity contribution in [2.24, 2.45) is 11.7 Å². The van der Waals surface area contributed by atoms with Gasteiger partial charge in [-0.2, -0.15) is 0 Å². The number of hydrogen-bond acceptors (Lipinski definition) is 6. The molecule has 0 heterocycles. The number of nitrogens with two attached hydrogens (primary N) is 1. The van der Waals surface area contributed by atoms with E-state index in [9.17, 15) is 19.5 Å². The standard InChI is InChI=1S/C31H31N3O6/c32-29(36)27(17-20-7-3-1-4-8-20)33-30(37)26(28(35)31(38)34-39)16-22-11-12-23-13-14-25(18-24(23)15-22)40-19-21-9-5-2-6-10-21/h1-15,18,26-28,35,39H,16-17,19H2,(H2,32,36)(H,33,37)(H,34,38)/t26-,27+,28+/m1/s1. The zero-order valence-electron chi connectivity index (χ0n) is 21.7. The van der Waals surface area contributed by atoms with Gasteiger partial charge < -0.3 is 20.9 Å². The SMILES string of the molecule is NC(=O)[C@H](Cc1ccccc1)NC(=O)[C@H](Cc1ccc2ccc(OCc3ccccc3)cc2c1)[C@H](O)C(=O)NO. The van der Waals surface area contributed by atoms with Crippen molar-refractivity contribution in [3.05, 3.63) is 114 Å². The van der Waals surface area contributed by atoms with Crippen LogP contribution in [-0.2, 0) is 33.8 Å². The fourth-order valence-corrected chi connectivity index (χ4v) is 4.43. The van der Waals surface area contributed by atoms with E-state index in [2.05, 4.69) is 5.32 Å². The number of fused-ring (bicyclic) bond motifs is 1. The van der Waals surface area contributed by atoms with Gasteiger partial charge in [0.25, 0.3) is 5.91 Å². The molecule has 40 heavy (non-hydrogen) atoms.